The van der Waals surface area contributed by atoms with Crippen molar-refractivity contribution in [3.63, 3.8) is 0 Å². The van der Waals surface area contributed by atoms with Gasteiger partial charge in [-0.3, -0.25) is 0 Å². The fraction of sp³-hybridized carbons (Fsp3) is 1.00. The average Bonchev–Trinajstić information content (AvgIpc) is 1.79. The van der Waals surface area contributed by atoms with Gasteiger partial charge in [0.05, 0.1) is 6.10 Å². The van der Waals surface area contributed by atoms with Gasteiger partial charge in [-0.2, -0.15) is 0 Å². The van der Waals surface area contributed by atoms with Crippen LogP contribution in [0.15, 0.2) is 0 Å². The van der Waals surface area contributed by atoms with Crippen LogP contribution >= 0.6 is 0 Å². The van der Waals surface area contributed by atoms with E-state index in [2.05, 4.69) is 0 Å². The molecule has 2 unspecified atom stereocenters. The van der Waals surface area contributed by atoms with Crippen LogP contribution in [0, 0.1) is 0 Å². The Kier molecular flexibility index (Phi) is 1.42. The van der Waals surface area contributed by atoms with Crippen molar-refractivity contribution in [1.29, 1.82) is 0 Å². The molecule has 0 saturated heterocycles. The van der Waals surface area contributed by atoms with Gasteiger partial charge in [0.25, 0.3) is 5.92 Å². The minimum atomic E-state index is -3.29. The van der Waals surface area contributed by atoms with Crippen LogP contribution in [0.25, 0.3) is 0 Å². The van der Waals surface area contributed by atoms with Crippen molar-refractivity contribution >= 4 is 0 Å². The summed E-state index contributed by atoms with van der Waals surface area (Å²) < 4.78 is 36.1. The van der Waals surface area contributed by atoms with Crippen molar-refractivity contribution < 1.29 is 18.3 Å². The third kappa shape index (κ3) is 1.18. The Morgan fingerprint density at radius 2 is 2.00 bits per heavy atom. The van der Waals surface area contributed by atoms with Gasteiger partial charge in [0, 0.05) is 12.8 Å². The maximum Gasteiger partial charge on any atom is 0.281 e. The van der Waals surface area contributed by atoms with Gasteiger partial charge in [0.2, 0.25) is 0 Å². The fourth-order valence-electron chi connectivity index (χ4n) is 0.937. The molecule has 0 aliphatic heterocycles. The van der Waals surface area contributed by atoms with Crippen LogP contribution in [-0.2, 0) is 0 Å². The zero-order valence-corrected chi connectivity index (χ0v) is 4.65. The van der Waals surface area contributed by atoms with E-state index in [1.165, 1.54) is 0 Å². The fourth-order valence-corrected chi connectivity index (χ4v) is 0.937. The van der Waals surface area contributed by atoms with Gasteiger partial charge < -0.3 is 5.11 Å². The molecule has 0 spiro atoms. The van der Waals surface area contributed by atoms with Crippen molar-refractivity contribution in [3.8, 4) is 0 Å². The van der Waals surface area contributed by atoms with Gasteiger partial charge in [-0.15, -0.1) is 0 Å². The highest BCUT2D eigenvalue weighted by Crippen LogP contribution is 2.37. The molecule has 0 bridgehead atoms. The van der Waals surface area contributed by atoms with Crippen molar-refractivity contribution in [2.45, 2.75) is 31.0 Å². The van der Waals surface area contributed by atoms with Crippen LogP contribution in [0.4, 0.5) is 13.2 Å². The van der Waals surface area contributed by atoms with Crippen LogP contribution in [0.3, 0.4) is 0 Å². The van der Waals surface area contributed by atoms with Gasteiger partial charge >= 0.3 is 0 Å². The lowest BCUT2D eigenvalue weighted by molar-refractivity contribution is -0.0538. The Hall–Kier alpha value is -0.250. The van der Waals surface area contributed by atoms with E-state index in [0.29, 0.717) is 0 Å². The number of hydrogen-bond acceptors (Lipinski definition) is 1. The maximum atomic E-state index is 12.1. The summed E-state index contributed by atoms with van der Waals surface area (Å²) in [5.74, 6) is -3.29. The Labute approximate surface area is 50.5 Å². The zero-order valence-electron chi connectivity index (χ0n) is 4.65. The summed E-state index contributed by atoms with van der Waals surface area (Å²) in [6, 6.07) is 0. The second kappa shape index (κ2) is 1.87. The molecule has 2 atom stereocenters. The molecule has 54 valence electrons. The molecule has 0 amide bonds. The Morgan fingerprint density at radius 1 is 1.44 bits per heavy atom. The first-order chi connectivity index (χ1) is 4.02. The second-order valence-electron chi connectivity index (χ2n) is 2.32. The van der Waals surface area contributed by atoms with Gasteiger partial charge in [0.15, 0.2) is 6.17 Å². The molecular weight excluding hydrogens is 133 g/mol. The van der Waals surface area contributed by atoms with E-state index in [4.69, 9.17) is 5.11 Å². The summed E-state index contributed by atoms with van der Waals surface area (Å²) in [6.45, 7) is 0. The number of rotatable bonds is 0. The molecule has 0 aromatic carbocycles. The normalized spacial score (nSPS) is 41.3. The molecule has 1 fully saturated rings. The van der Waals surface area contributed by atoms with E-state index < -0.39 is 31.0 Å². The summed E-state index contributed by atoms with van der Waals surface area (Å²) in [5.41, 5.74) is 0. The highest BCUT2D eigenvalue weighted by molar-refractivity contribution is 4.89. The third-order valence-corrected chi connectivity index (χ3v) is 1.45. The van der Waals surface area contributed by atoms with E-state index >= 15 is 0 Å². The molecule has 1 rings (SSSR count). The Balaban J connectivity index is 2.58. The summed E-state index contributed by atoms with van der Waals surface area (Å²) in [5, 5.41) is 8.52. The quantitative estimate of drug-likeness (QED) is 0.534. The largest absolute Gasteiger partial charge is 0.393 e. The molecule has 1 aliphatic rings. The lowest BCUT2D eigenvalue weighted by atomic mass is 10.3. The average molecular weight is 140 g/mol. The standard InChI is InChI=1S/C5H7F3O/c6-4-1-3(9)2-5(4,7)8/h3-4,9H,1-2H2. The third-order valence-electron chi connectivity index (χ3n) is 1.45. The lowest BCUT2D eigenvalue weighted by Gasteiger charge is -2.08. The highest BCUT2D eigenvalue weighted by atomic mass is 19.3. The van der Waals surface area contributed by atoms with E-state index in [9.17, 15) is 13.2 Å². The first kappa shape index (κ1) is 6.86. The number of halogens is 3. The minimum absolute atomic E-state index is 0.424. The molecule has 4 heteroatoms. The lowest BCUT2D eigenvalue weighted by Crippen LogP contribution is -2.22. The molecule has 0 aromatic heterocycles. The van der Waals surface area contributed by atoms with Crippen LogP contribution in [0.5, 0.6) is 0 Å². The summed E-state index contributed by atoms with van der Waals surface area (Å²) >= 11 is 0. The molecule has 1 N–H and O–H groups in total. The smallest absolute Gasteiger partial charge is 0.281 e. The molecule has 0 radical (unpaired) electrons. The molecule has 1 nitrogen and oxygen atoms in total. The van der Waals surface area contributed by atoms with Gasteiger partial charge in [-0.25, -0.2) is 13.2 Å². The summed E-state index contributed by atoms with van der Waals surface area (Å²) in [4.78, 5) is 0. The predicted octanol–water partition coefficient (Wildman–Crippen LogP) is 1.11. The maximum absolute atomic E-state index is 12.1. The van der Waals surface area contributed by atoms with Crippen LogP contribution in [0.2, 0.25) is 0 Å². The van der Waals surface area contributed by atoms with Gasteiger partial charge in [-0.1, -0.05) is 0 Å². The van der Waals surface area contributed by atoms with Crippen molar-refractivity contribution in [2.75, 3.05) is 0 Å². The van der Waals surface area contributed by atoms with Crippen molar-refractivity contribution in [1.82, 2.24) is 0 Å². The van der Waals surface area contributed by atoms with Crippen LogP contribution < -0.4 is 0 Å². The second-order valence-corrected chi connectivity index (χ2v) is 2.32. The number of alkyl halides is 3. The Morgan fingerprint density at radius 3 is 2.11 bits per heavy atom. The monoisotopic (exact) mass is 140 g/mol. The van der Waals surface area contributed by atoms with Crippen LogP contribution in [0.1, 0.15) is 12.8 Å². The van der Waals surface area contributed by atoms with Crippen molar-refractivity contribution in [3.05, 3.63) is 0 Å². The van der Waals surface area contributed by atoms with E-state index in [1.54, 1.807) is 0 Å². The molecule has 9 heavy (non-hydrogen) atoms. The molecule has 1 aliphatic carbocycles. The molecular formula is C5H7F3O. The van der Waals surface area contributed by atoms with Gasteiger partial charge in [-0.05, 0) is 0 Å². The highest BCUT2D eigenvalue weighted by Gasteiger charge is 2.48. The van der Waals surface area contributed by atoms with E-state index in [1.807, 2.05) is 0 Å². The zero-order chi connectivity index (χ0) is 7.07. The first-order valence-corrected chi connectivity index (χ1v) is 2.72. The Bertz CT molecular complexity index is 115. The first-order valence-electron chi connectivity index (χ1n) is 2.72. The predicted molar refractivity (Wildman–Crippen MR) is 25.1 cm³/mol. The molecule has 0 aromatic rings. The van der Waals surface area contributed by atoms with Gasteiger partial charge in [0.1, 0.15) is 0 Å². The van der Waals surface area contributed by atoms with Crippen molar-refractivity contribution in [2.24, 2.45) is 0 Å². The van der Waals surface area contributed by atoms with E-state index in [-0.39, 0.29) is 0 Å². The topological polar surface area (TPSA) is 20.2 Å². The molecule has 0 heterocycles. The summed E-state index contributed by atoms with van der Waals surface area (Å²) in [6.07, 6.45) is -4.45. The van der Waals surface area contributed by atoms with Crippen LogP contribution in [-0.4, -0.2) is 23.3 Å². The molecule has 1 saturated carbocycles. The number of aliphatic hydroxyl groups excluding tert-OH is 1. The minimum Gasteiger partial charge on any atom is -0.393 e. The SMILES string of the molecule is OC1CC(F)C(F)(F)C1. The number of hydrogen-bond donors (Lipinski definition) is 1. The number of aliphatic hydroxyl groups is 1. The summed E-state index contributed by atoms with van der Waals surface area (Å²) in [7, 11) is 0. The van der Waals surface area contributed by atoms with E-state index in [0.717, 1.165) is 0 Å².